The van der Waals surface area contributed by atoms with Crippen LogP contribution in [0.5, 0.6) is 0 Å². The number of hydrogen-bond donors (Lipinski definition) is 6. The standard InChI is InChI=1S/C14H18N6O8/c15-14-17-11-9(12(26)18-14)16-4-20(11)6-1-5(21)10(28-6)13(27)19(2-7(22)23)3-8(24)25/h4-6,10,13,21,27H,1-3H2,(H,22,23)(H,24,25)(H3,15,17,18,26)/t5-,6+,10-,13?/m0/s1. The lowest BCUT2D eigenvalue weighted by Gasteiger charge is -2.30. The van der Waals surface area contributed by atoms with Crippen LogP contribution < -0.4 is 11.3 Å². The number of imidazole rings is 1. The summed E-state index contributed by atoms with van der Waals surface area (Å²) in [5, 5.41) is 38.5. The second kappa shape index (κ2) is 7.51. The van der Waals surface area contributed by atoms with E-state index in [0.717, 1.165) is 4.90 Å². The molecule has 0 spiro atoms. The van der Waals surface area contributed by atoms with Gasteiger partial charge < -0.3 is 30.9 Å². The number of nitrogens with two attached hydrogens (primary N) is 1. The molecule has 0 aromatic carbocycles. The Labute approximate surface area is 155 Å². The predicted octanol–water partition coefficient (Wildman–Crippen LogP) is -2.86. The van der Waals surface area contributed by atoms with Gasteiger partial charge in [-0.15, -0.1) is 0 Å². The molecule has 1 aliphatic rings. The molecule has 1 aliphatic heterocycles. The summed E-state index contributed by atoms with van der Waals surface area (Å²) in [5.41, 5.74) is 5.06. The van der Waals surface area contributed by atoms with E-state index in [-0.39, 0.29) is 23.5 Å². The summed E-state index contributed by atoms with van der Waals surface area (Å²) in [6, 6.07) is 0. The van der Waals surface area contributed by atoms with E-state index < -0.39 is 55.3 Å². The average Bonchev–Trinajstić information content (AvgIpc) is 3.16. The Bertz CT molecular complexity index is 941. The topological polar surface area (TPSA) is 217 Å². The van der Waals surface area contributed by atoms with Crippen LogP contribution in [0.1, 0.15) is 12.6 Å². The Morgan fingerprint density at radius 2 is 2.04 bits per heavy atom. The van der Waals surface area contributed by atoms with E-state index in [9.17, 15) is 24.6 Å². The molecule has 152 valence electrons. The number of nitrogen functional groups attached to an aromatic ring is 1. The van der Waals surface area contributed by atoms with Crippen LogP contribution >= 0.6 is 0 Å². The van der Waals surface area contributed by atoms with Crippen molar-refractivity contribution in [2.24, 2.45) is 0 Å². The highest BCUT2D eigenvalue weighted by molar-refractivity contribution is 5.72. The molecule has 1 unspecified atom stereocenters. The van der Waals surface area contributed by atoms with Crippen molar-refractivity contribution in [3.8, 4) is 0 Å². The number of carboxylic acid groups (broad SMARTS) is 2. The summed E-state index contributed by atoms with van der Waals surface area (Å²) in [7, 11) is 0. The fraction of sp³-hybridized carbons (Fsp3) is 0.500. The molecule has 0 amide bonds. The van der Waals surface area contributed by atoms with Gasteiger partial charge in [0, 0.05) is 6.42 Å². The maximum Gasteiger partial charge on any atom is 0.317 e. The van der Waals surface area contributed by atoms with E-state index in [1.807, 2.05) is 0 Å². The summed E-state index contributed by atoms with van der Waals surface area (Å²) in [6.07, 6.45) is -3.95. The molecule has 4 atom stereocenters. The Morgan fingerprint density at radius 3 is 2.64 bits per heavy atom. The smallest absolute Gasteiger partial charge is 0.317 e. The fourth-order valence-electron chi connectivity index (χ4n) is 3.07. The monoisotopic (exact) mass is 398 g/mol. The first-order valence-electron chi connectivity index (χ1n) is 8.09. The maximum absolute atomic E-state index is 11.9. The Hall–Kier alpha value is -3.07. The van der Waals surface area contributed by atoms with Crippen LogP contribution in [-0.2, 0) is 14.3 Å². The number of hydrogen-bond acceptors (Lipinski definition) is 10. The number of carbonyl (C=O) groups is 2. The van der Waals surface area contributed by atoms with Crippen molar-refractivity contribution in [2.45, 2.75) is 31.1 Å². The minimum Gasteiger partial charge on any atom is -0.480 e. The van der Waals surface area contributed by atoms with Crippen LogP contribution in [0.2, 0.25) is 0 Å². The molecule has 2 aromatic heterocycles. The van der Waals surface area contributed by atoms with Gasteiger partial charge in [0.25, 0.3) is 5.56 Å². The molecule has 1 fully saturated rings. The number of aliphatic hydroxyl groups excluding tert-OH is 2. The van der Waals surface area contributed by atoms with Gasteiger partial charge in [0.05, 0.1) is 25.5 Å². The number of rotatable bonds is 7. The Balaban J connectivity index is 1.85. The number of nitrogens with zero attached hydrogens (tertiary/aromatic N) is 4. The minimum atomic E-state index is -1.71. The quantitative estimate of drug-likeness (QED) is 0.259. The van der Waals surface area contributed by atoms with Crippen LogP contribution in [0.3, 0.4) is 0 Å². The summed E-state index contributed by atoms with van der Waals surface area (Å²) in [5.74, 6) is -2.86. The fourth-order valence-corrected chi connectivity index (χ4v) is 3.07. The molecule has 14 nitrogen and oxygen atoms in total. The molecule has 0 aliphatic carbocycles. The van der Waals surface area contributed by atoms with E-state index in [4.69, 9.17) is 20.7 Å². The van der Waals surface area contributed by atoms with Crippen molar-refractivity contribution in [1.82, 2.24) is 24.4 Å². The number of ether oxygens (including phenoxy) is 1. The molecule has 2 aromatic rings. The molecular formula is C14H18N6O8. The largest absolute Gasteiger partial charge is 0.480 e. The molecule has 0 saturated carbocycles. The summed E-state index contributed by atoms with van der Waals surface area (Å²) >= 11 is 0. The third-order valence-electron chi connectivity index (χ3n) is 4.24. The molecule has 3 heterocycles. The van der Waals surface area contributed by atoms with Crippen LogP contribution in [-0.4, -0.2) is 88.3 Å². The molecule has 7 N–H and O–H groups in total. The Kier molecular flexibility index (Phi) is 5.28. The van der Waals surface area contributed by atoms with Gasteiger partial charge >= 0.3 is 11.9 Å². The van der Waals surface area contributed by atoms with Crippen molar-refractivity contribution >= 4 is 29.1 Å². The van der Waals surface area contributed by atoms with Crippen LogP contribution in [0.25, 0.3) is 11.2 Å². The second-order valence-electron chi connectivity index (χ2n) is 6.24. The van der Waals surface area contributed by atoms with Crippen molar-refractivity contribution in [1.29, 1.82) is 0 Å². The van der Waals surface area contributed by atoms with Crippen LogP contribution in [0, 0.1) is 0 Å². The van der Waals surface area contributed by atoms with Crippen molar-refractivity contribution in [2.75, 3.05) is 18.8 Å². The zero-order chi connectivity index (χ0) is 20.6. The lowest BCUT2D eigenvalue weighted by atomic mass is 10.1. The molecule has 28 heavy (non-hydrogen) atoms. The van der Waals surface area contributed by atoms with E-state index in [1.54, 1.807) is 0 Å². The molecule has 14 heteroatoms. The van der Waals surface area contributed by atoms with Gasteiger partial charge in [0.1, 0.15) is 18.6 Å². The first-order valence-corrected chi connectivity index (χ1v) is 8.09. The van der Waals surface area contributed by atoms with E-state index in [2.05, 4.69) is 15.0 Å². The van der Waals surface area contributed by atoms with Crippen molar-refractivity contribution in [3.63, 3.8) is 0 Å². The highest BCUT2D eigenvalue weighted by Gasteiger charge is 2.43. The third kappa shape index (κ3) is 3.79. The Morgan fingerprint density at radius 1 is 1.39 bits per heavy atom. The number of H-pyrrole nitrogens is 1. The minimum absolute atomic E-state index is 0.00494. The van der Waals surface area contributed by atoms with Gasteiger partial charge in [0.15, 0.2) is 11.2 Å². The summed E-state index contributed by atoms with van der Waals surface area (Å²) < 4.78 is 6.96. The molecule has 3 rings (SSSR count). The highest BCUT2D eigenvalue weighted by Crippen LogP contribution is 2.32. The molecular weight excluding hydrogens is 380 g/mol. The third-order valence-corrected chi connectivity index (χ3v) is 4.24. The zero-order valence-corrected chi connectivity index (χ0v) is 14.3. The number of anilines is 1. The van der Waals surface area contributed by atoms with Crippen LogP contribution in [0.15, 0.2) is 11.1 Å². The van der Waals surface area contributed by atoms with E-state index in [0.29, 0.717) is 0 Å². The van der Waals surface area contributed by atoms with Gasteiger partial charge in [-0.3, -0.25) is 28.8 Å². The number of nitrogens with one attached hydrogen (secondary N) is 1. The van der Waals surface area contributed by atoms with Gasteiger partial charge in [-0.25, -0.2) is 4.98 Å². The van der Waals surface area contributed by atoms with Crippen LogP contribution in [0.4, 0.5) is 5.95 Å². The van der Waals surface area contributed by atoms with E-state index in [1.165, 1.54) is 10.9 Å². The SMILES string of the molecule is Nc1nc2c(ncn2[C@H]2C[C@H](O)[C@@H](C(O)N(CC(=O)O)CC(=O)O)O2)c(=O)[nH]1. The number of aromatic amines is 1. The first kappa shape index (κ1) is 19.7. The number of aromatic nitrogens is 4. The number of carboxylic acids is 2. The lowest BCUT2D eigenvalue weighted by molar-refractivity contribution is -0.163. The average molecular weight is 398 g/mol. The van der Waals surface area contributed by atoms with Crippen molar-refractivity contribution < 1.29 is 34.8 Å². The van der Waals surface area contributed by atoms with Gasteiger partial charge in [-0.05, 0) is 0 Å². The number of aliphatic hydroxyl groups is 2. The molecule has 0 bridgehead atoms. The number of aliphatic carboxylic acids is 2. The normalized spacial score (nSPS) is 23.3. The summed E-state index contributed by atoms with van der Waals surface area (Å²) in [6.45, 7) is -1.54. The molecule has 0 radical (unpaired) electrons. The lowest BCUT2D eigenvalue weighted by Crippen LogP contribution is -2.51. The van der Waals surface area contributed by atoms with Gasteiger partial charge in [0.2, 0.25) is 5.95 Å². The predicted molar refractivity (Wildman–Crippen MR) is 89.9 cm³/mol. The maximum atomic E-state index is 11.9. The summed E-state index contributed by atoms with van der Waals surface area (Å²) in [4.78, 5) is 44.7. The first-order chi connectivity index (χ1) is 13.2. The molecule has 1 saturated heterocycles. The van der Waals surface area contributed by atoms with Crippen molar-refractivity contribution in [3.05, 3.63) is 16.7 Å². The van der Waals surface area contributed by atoms with Gasteiger partial charge in [-0.1, -0.05) is 0 Å². The van der Waals surface area contributed by atoms with E-state index >= 15 is 0 Å². The highest BCUT2D eigenvalue weighted by atomic mass is 16.5. The second-order valence-corrected chi connectivity index (χ2v) is 6.24. The van der Waals surface area contributed by atoms with Gasteiger partial charge in [-0.2, -0.15) is 4.98 Å². The zero-order valence-electron chi connectivity index (χ0n) is 14.3. The number of fused-ring (bicyclic) bond motifs is 1.